The van der Waals surface area contributed by atoms with Crippen LogP contribution in [0.2, 0.25) is 0 Å². The minimum absolute atomic E-state index is 0.118. The monoisotopic (exact) mass is 501 g/mol. The van der Waals surface area contributed by atoms with Crippen LogP contribution < -0.4 is 5.32 Å². The molecule has 1 heterocycles. The van der Waals surface area contributed by atoms with Gasteiger partial charge in [0.2, 0.25) is 11.8 Å². The third kappa shape index (κ3) is 7.09. The zero-order valence-electron chi connectivity index (χ0n) is 17.9. The maximum atomic E-state index is 13.1. The molecule has 1 saturated heterocycles. The summed E-state index contributed by atoms with van der Waals surface area (Å²) in [5, 5.41) is 2.97. The normalized spacial score (nSPS) is 14.5. The van der Waals surface area contributed by atoms with Gasteiger partial charge in [-0.1, -0.05) is 76.6 Å². The van der Waals surface area contributed by atoms with E-state index in [9.17, 15) is 14.4 Å². The molecule has 170 valence electrons. The van der Waals surface area contributed by atoms with Crippen molar-refractivity contribution in [3.8, 4) is 0 Å². The number of halogens is 1. The van der Waals surface area contributed by atoms with Crippen LogP contribution in [0.3, 0.4) is 0 Å². The molecule has 1 atom stereocenters. The molecule has 32 heavy (non-hydrogen) atoms. The maximum Gasteiger partial charge on any atom is 0.410 e. The first-order chi connectivity index (χ1) is 15.6. The second-order valence-electron chi connectivity index (χ2n) is 7.63. The molecule has 1 aliphatic rings. The van der Waals surface area contributed by atoms with Crippen molar-refractivity contribution in [1.29, 1.82) is 0 Å². The van der Waals surface area contributed by atoms with Gasteiger partial charge < -0.3 is 19.9 Å². The number of nitrogens with one attached hydrogen (secondary N) is 1. The van der Waals surface area contributed by atoms with E-state index < -0.39 is 6.04 Å². The van der Waals surface area contributed by atoms with E-state index in [1.807, 2.05) is 60.7 Å². The van der Waals surface area contributed by atoms with Gasteiger partial charge in [0.05, 0.1) is 5.33 Å². The van der Waals surface area contributed by atoms with Gasteiger partial charge in [-0.2, -0.15) is 0 Å². The van der Waals surface area contributed by atoms with Crippen molar-refractivity contribution in [3.05, 3.63) is 71.8 Å². The number of ether oxygens (including phenoxy) is 1. The van der Waals surface area contributed by atoms with Crippen LogP contribution in [0.4, 0.5) is 4.79 Å². The van der Waals surface area contributed by atoms with Crippen LogP contribution in [0.5, 0.6) is 0 Å². The predicted octanol–water partition coefficient (Wildman–Crippen LogP) is 2.98. The molecule has 1 N–H and O–H groups in total. The van der Waals surface area contributed by atoms with Crippen molar-refractivity contribution >= 4 is 33.8 Å². The summed E-state index contributed by atoms with van der Waals surface area (Å²) < 4.78 is 5.39. The molecule has 0 saturated carbocycles. The van der Waals surface area contributed by atoms with Gasteiger partial charge >= 0.3 is 6.09 Å². The lowest BCUT2D eigenvalue weighted by Crippen LogP contribution is -2.56. The second kappa shape index (κ2) is 12.2. The topological polar surface area (TPSA) is 79.0 Å². The van der Waals surface area contributed by atoms with Crippen LogP contribution in [-0.2, 0) is 27.4 Å². The minimum Gasteiger partial charge on any atom is -0.445 e. The molecule has 3 rings (SSSR count). The molecule has 0 aliphatic carbocycles. The molecule has 2 aromatic carbocycles. The summed E-state index contributed by atoms with van der Waals surface area (Å²) in [6.45, 7) is 1.84. The Morgan fingerprint density at radius 1 is 0.875 bits per heavy atom. The minimum atomic E-state index is -0.600. The highest BCUT2D eigenvalue weighted by molar-refractivity contribution is 9.09. The number of nitrogens with zero attached hydrogens (tertiary/aromatic N) is 2. The van der Waals surface area contributed by atoms with E-state index in [4.69, 9.17) is 4.74 Å². The lowest BCUT2D eigenvalue weighted by molar-refractivity contribution is -0.137. The summed E-state index contributed by atoms with van der Waals surface area (Å²) >= 11 is 3.14. The van der Waals surface area contributed by atoms with Gasteiger partial charge in [0.25, 0.3) is 0 Å². The molecular weight excluding hydrogens is 474 g/mol. The number of amides is 3. The molecule has 1 unspecified atom stereocenters. The third-order valence-corrected chi connectivity index (χ3v) is 5.88. The fraction of sp³-hybridized carbons (Fsp3) is 0.375. The molecule has 0 aromatic heterocycles. The summed E-state index contributed by atoms with van der Waals surface area (Å²) in [5.41, 5.74) is 2.04. The number of rotatable bonds is 8. The Balaban J connectivity index is 1.51. The van der Waals surface area contributed by atoms with Crippen LogP contribution in [0.1, 0.15) is 17.5 Å². The van der Waals surface area contributed by atoms with Gasteiger partial charge in [0, 0.05) is 26.2 Å². The Morgan fingerprint density at radius 2 is 1.44 bits per heavy atom. The highest BCUT2D eigenvalue weighted by Gasteiger charge is 2.30. The zero-order chi connectivity index (χ0) is 22.8. The van der Waals surface area contributed by atoms with E-state index in [0.29, 0.717) is 39.0 Å². The first kappa shape index (κ1) is 23.8. The van der Waals surface area contributed by atoms with E-state index in [2.05, 4.69) is 21.2 Å². The number of aryl methyl sites for hydroxylation is 1. The fourth-order valence-electron chi connectivity index (χ4n) is 3.59. The van der Waals surface area contributed by atoms with E-state index in [1.54, 1.807) is 9.80 Å². The van der Waals surface area contributed by atoms with E-state index in [1.165, 1.54) is 0 Å². The number of carbonyl (C=O) groups excluding carboxylic acids is 3. The summed E-state index contributed by atoms with van der Waals surface area (Å²) in [7, 11) is 0. The second-order valence-corrected chi connectivity index (χ2v) is 8.19. The fourth-order valence-corrected chi connectivity index (χ4v) is 3.75. The van der Waals surface area contributed by atoms with Crippen LogP contribution in [0.25, 0.3) is 0 Å². The average Bonchev–Trinajstić information content (AvgIpc) is 2.85. The maximum absolute atomic E-state index is 13.1. The molecule has 7 nitrogen and oxygen atoms in total. The molecule has 0 spiro atoms. The zero-order valence-corrected chi connectivity index (χ0v) is 19.5. The molecule has 2 aromatic rings. The van der Waals surface area contributed by atoms with Gasteiger partial charge in [-0.25, -0.2) is 4.79 Å². The van der Waals surface area contributed by atoms with Gasteiger partial charge in [-0.15, -0.1) is 0 Å². The van der Waals surface area contributed by atoms with Crippen molar-refractivity contribution in [3.63, 3.8) is 0 Å². The largest absolute Gasteiger partial charge is 0.445 e. The van der Waals surface area contributed by atoms with Crippen LogP contribution >= 0.6 is 15.9 Å². The lowest BCUT2D eigenvalue weighted by Gasteiger charge is -2.36. The smallest absolute Gasteiger partial charge is 0.410 e. The van der Waals surface area contributed by atoms with Crippen molar-refractivity contribution < 1.29 is 19.1 Å². The van der Waals surface area contributed by atoms with Crippen molar-refractivity contribution in [2.24, 2.45) is 0 Å². The number of hydrogen-bond donors (Lipinski definition) is 1. The highest BCUT2D eigenvalue weighted by atomic mass is 79.9. The SMILES string of the molecule is O=C(CBr)NC(CCc1ccccc1)C(=O)N1CCN(C(=O)OCc2ccccc2)CC1. The number of hydrogen-bond acceptors (Lipinski definition) is 4. The van der Waals surface area contributed by atoms with E-state index in [-0.39, 0.29) is 29.8 Å². The van der Waals surface area contributed by atoms with E-state index in [0.717, 1.165) is 11.1 Å². The van der Waals surface area contributed by atoms with E-state index >= 15 is 0 Å². The highest BCUT2D eigenvalue weighted by Crippen LogP contribution is 2.12. The van der Waals surface area contributed by atoms with Crippen molar-refractivity contribution in [2.45, 2.75) is 25.5 Å². The van der Waals surface area contributed by atoms with Crippen LogP contribution in [0.15, 0.2) is 60.7 Å². The lowest BCUT2D eigenvalue weighted by atomic mass is 10.0. The Morgan fingerprint density at radius 3 is 2.03 bits per heavy atom. The Kier molecular flexibility index (Phi) is 9.10. The third-order valence-electron chi connectivity index (χ3n) is 5.37. The van der Waals surface area contributed by atoms with Gasteiger partial charge in [-0.3, -0.25) is 9.59 Å². The molecular formula is C24H28BrN3O4. The Hall–Kier alpha value is -2.87. The molecule has 0 bridgehead atoms. The number of alkyl halides is 1. The summed E-state index contributed by atoms with van der Waals surface area (Å²) in [5.74, 6) is -0.341. The standard InChI is InChI=1S/C24H28BrN3O4/c25-17-22(29)26-21(12-11-19-7-3-1-4-8-19)23(30)27-13-15-28(16-14-27)24(31)32-18-20-9-5-2-6-10-20/h1-10,21H,11-18H2,(H,26,29). The first-order valence-electron chi connectivity index (χ1n) is 10.7. The summed E-state index contributed by atoms with van der Waals surface area (Å²) in [6.07, 6.45) is 0.821. The van der Waals surface area contributed by atoms with Crippen LogP contribution in [-0.4, -0.2) is 65.3 Å². The van der Waals surface area contributed by atoms with Crippen molar-refractivity contribution in [1.82, 2.24) is 15.1 Å². The first-order valence-corrected chi connectivity index (χ1v) is 11.8. The molecule has 1 aliphatic heterocycles. The quantitative estimate of drug-likeness (QED) is 0.564. The van der Waals surface area contributed by atoms with Gasteiger partial charge in [0.15, 0.2) is 0 Å². The Labute approximate surface area is 196 Å². The number of piperazine rings is 1. The summed E-state index contributed by atoms with van der Waals surface area (Å²) in [4.78, 5) is 40.8. The molecule has 3 amide bonds. The molecule has 8 heteroatoms. The predicted molar refractivity (Wildman–Crippen MR) is 125 cm³/mol. The number of carbonyl (C=O) groups is 3. The summed E-state index contributed by atoms with van der Waals surface area (Å²) in [6, 6.07) is 18.8. The Bertz CT molecular complexity index is 887. The number of benzene rings is 2. The molecule has 0 radical (unpaired) electrons. The van der Waals surface area contributed by atoms with Crippen molar-refractivity contribution in [2.75, 3.05) is 31.5 Å². The van der Waals surface area contributed by atoms with Gasteiger partial charge in [-0.05, 0) is 24.0 Å². The molecule has 1 fully saturated rings. The van der Waals surface area contributed by atoms with Crippen LogP contribution in [0, 0.1) is 0 Å². The average molecular weight is 502 g/mol. The van der Waals surface area contributed by atoms with Gasteiger partial charge in [0.1, 0.15) is 12.6 Å².